The maximum Gasteiger partial charge on any atom is 0.289 e. The Hall–Kier alpha value is -2.63. The second kappa shape index (κ2) is 7.55. The van der Waals surface area contributed by atoms with Crippen molar-refractivity contribution in [2.45, 2.75) is 31.7 Å². The van der Waals surface area contributed by atoms with E-state index in [1.807, 2.05) is 15.9 Å². The molecule has 0 unspecified atom stereocenters. The SMILES string of the molecule is O=C(c1ccco1)N1CC[C@H]2[C@H](CCC(=O)N2CCc2ccccc2F)C1. The lowest BCUT2D eigenvalue weighted by molar-refractivity contribution is -0.140. The minimum atomic E-state index is -0.225. The van der Waals surface area contributed by atoms with E-state index in [1.165, 1.54) is 12.3 Å². The summed E-state index contributed by atoms with van der Waals surface area (Å²) in [7, 11) is 0. The highest BCUT2D eigenvalue weighted by molar-refractivity contribution is 5.91. The molecule has 1 aromatic heterocycles. The number of furan rings is 1. The molecule has 0 saturated carbocycles. The van der Waals surface area contributed by atoms with Crippen molar-refractivity contribution in [3.63, 3.8) is 0 Å². The van der Waals surface area contributed by atoms with Crippen molar-refractivity contribution in [3.05, 3.63) is 59.8 Å². The van der Waals surface area contributed by atoms with Gasteiger partial charge in [0.2, 0.25) is 5.91 Å². The molecule has 1 aromatic carbocycles. The normalized spacial score (nSPS) is 22.6. The fraction of sp³-hybridized carbons (Fsp3) is 0.429. The fourth-order valence-electron chi connectivity index (χ4n) is 4.32. The van der Waals surface area contributed by atoms with E-state index in [9.17, 15) is 14.0 Å². The number of halogens is 1. The average molecular weight is 370 g/mol. The summed E-state index contributed by atoms with van der Waals surface area (Å²) in [6.07, 6.45) is 4.05. The van der Waals surface area contributed by atoms with E-state index >= 15 is 0 Å². The second-order valence-electron chi connectivity index (χ2n) is 7.31. The topological polar surface area (TPSA) is 53.8 Å². The van der Waals surface area contributed by atoms with Gasteiger partial charge in [0.05, 0.1) is 6.26 Å². The highest BCUT2D eigenvalue weighted by atomic mass is 19.1. The molecule has 2 atom stereocenters. The van der Waals surface area contributed by atoms with Gasteiger partial charge in [-0.15, -0.1) is 0 Å². The monoisotopic (exact) mass is 370 g/mol. The van der Waals surface area contributed by atoms with Crippen LogP contribution in [0.1, 0.15) is 35.4 Å². The van der Waals surface area contributed by atoms with Gasteiger partial charge in [0.15, 0.2) is 5.76 Å². The predicted molar refractivity (Wildman–Crippen MR) is 97.6 cm³/mol. The van der Waals surface area contributed by atoms with Crippen molar-refractivity contribution in [3.8, 4) is 0 Å². The summed E-state index contributed by atoms with van der Waals surface area (Å²) >= 11 is 0. The van der Waals surface area contributed by atoms with Crippen LogP contribution in [0.5, 0.6) is 0 Å². The first-order valence-electron chi connectivity index (χ1n) is 9.49. The Balaban J connectivity index is 1.42. The van der Waals surface area contributed by atoms with Crippen molar-refractivity contribution < 1.29 is 18.4 Å². The Morgan fingerprint density at radius 1 is 1.19 bits per heavy atom. The Labute approximate surface area is 157 Å². The van der Waals surface area contributed by atoms with E-state index in [1.54, 1.807) is 24.3 Å². The molecule has 0 aliphatic carbocycles. The molecule has 2 amide bonds. The molecule has 6 heteroatoms. The van der Waals surface area contributed by atoms with E-state index < -0.39 is 0 Å². The molecule has 2 aliphatic rings. The summed E-state index contributed by atoms with van der Waals surface area (Å²) in [4.78, 5) is 28.8. The van der Waals surface area contributed by atoms with Crippen LogP contribution in [0.4, 0.5) is 4.39 Å². The van der Waals surface area contributed by atoms with Crippen LogP contribution in [0.2, 0.25) is 0 Å². The Morgan fingerprint density at radius 2 is 2.04 bits per heavy atom. The molecule has 142 valence electrons. The van der Waals surface area contributed by atoms with Gasteiger partial charge in [-0.1, -0.05) is 18.2 Å². The van der Waals surface area contributed by atoms with E-state index in [2.05, 4.69) is 0 Å². The average Bonchev–Trinajstić information content (AvgIpc) is 3.22. The van der Waals surface area contributed by atoms with E-state index in [-0.39, 0.29) is 29.6 Å². The molecule has 4 rings (SSSR count). The lowest BCUT2D eigenvalue weighted by atomic mass is 9.83. The highest BCUT2D eigenvalue weighted by Gasteiger charge is 2.40. The van der Waals surface area contributed by atoms with Crippen LogP contribution in [0.3, 0.4) is 0 Å². The number of carbonyl (C=O) groups excluding carboxylic acids is 2. The van der Waals surface area contributed by atoms with Gasteiger partial charge in [-0.25, -0.2) is 4.39 Å². The van der Waals surface area contributed by atoms with Crippen LogP contribution in [0.25, 0.3) is 0 Å². The van der Waals surface area contributed by atoms with Crippen molar-refractivity contribution in [2.24, 2.45) is 5.92 Å². The van der Waals surface area contributed by atoms with Gasteiger partial charge in [0.1, 0.15) is 5.82 Å². The minimum absolute atomic E-state index is 0.0896. The maximum atomic E-state index is 13.9. The van der Waals surface area contributed by atoms with Gasteiger partial charge in [0.25, 0.3) is 5.91 Å². The molecule has 3 heterocycles. The molecule has 2 aliphatic heterocycles. The zero-order valence-corrected chi connectivity index (χ0v) is 15.1. The summed E-state index contributed by atoms with van der Waals surface area (Å²) in [5.74, 6) is 0.441. The third-order valence-electron chi connectivity index (χ3n) is 5.74. The Bertz CT molecular complexity index is 821. The van der Waals surface area contributed by atoms with Crippen molar-refractivity contribution in [2.75, 3.05) is 19.6 Å². The van der Waals surface area contributed by atoms with Gasteiger partial charge in [-0.3, -0.25) is 9.59 Å². The molecule has 2 aromatic rings. The number of fused-ring (bicyclic) bond motifs is 1. The Morgan fingerprint density at radius 3 is 2.81 bits per heavy atom. The minimum Gasteiger partial charge on any atom is -0.459 e. The first-order valence-corrected chi connectivity index (χ1v) is 9.49. The molecule has 2 fully saturated rings. The predicted octanol–water partition coefficient (Wildman–Crippen LogP) is 3.11. The first kappa shape index (κ1) is 17.8. The molecular weight excluding hydrogens is 347 g/mol. The maximum absolute atomic E-state index is 13.9. The van der Waals surface area contributed by atoms with Crippen LogP contribution in [-0.2, 0) is 11.2 Å². The number of likely N-dealkylation sites (tertiary alicyclic amines) is 2. The van der Waals surface area contributed by atoms with Crippen LogP contribution in [-0.4, -0.2) is 47.3 Å². The first-order chi connectivity index (χ1) is 13.1. The van der Waals surface area contributed by atoms with Gasteiger partial charge >= 0.3 is 0 Å². The zero-order chi connectivity index (χ0) is 18.8. The van der Waals surface area contributed by atoms with E-state index in [4.69, 9.17) is 4.42 Å². The van der Waals surface area contributed by atoms with Gasteiger partial charge in [-0.05, 0) is 48.9 Å². The number of benzene rings is 1. The molecule has 2 saturated heterocycles. The van der Waals surface area contributed by atoms with E-state index in [0.29, 0.717) is 43.8 Å². The number of hydrogen-bond donors (Lipinski definition) is 0. The summed E-state index contributed by atoms with van der Waals surface area (Å²) in [6.45, 7) is 1.75. The quantitative estimate of drug-likeness (QED) is 0.831. The standard InChI is InChI=1S/C21H23FN2O3/c22-17-5-2-1-4-15(17)9-12-24-18-10-11-23(14-16(18)7-8-20(24)25)21(26)19-6-3-13-27-19/h1-6,13,16,18H,7-12,14H2/t16-,18+/m1/s1. The fourth-order valence-corrected chi connectivity index (χ4v) is 4.32. The summed E-state index contributed by atoms with van der Waals surface area (Å²) < 4.78 is 19.1. The van der Waals surface area contributed by atoms with Crippen molar-refractivity contribution in [1.82, 2.24) is 9.80 Å². The number of hydrogen-bond acceptors (Lipinski definition) is 3. The summed E-state index contributed by atoms with van der Waals surface area (Å²) in [6, 6.07) is 10.2. The molecule has 0 bridgehead atoms. The van der Waals surface area contributed by atoms with Crippen LogP contribution in [0.15, 0.2) is 47.1 Å². The summed E-state index contributed by atoms with van der Waals surface area (Å²) in [5.41, 5.74) is 0.637. The third kappa shape index (κ3) is 3.61. The number of rotatable bonds is 4. The molecule has 0 spiro atoms. The molecule has 0 radical (unpaired) electrons. The van der Waals surface area contributed by atoms with Crippen molar-refractivity contribution in [1.29, 1.82) is 0 Å². The molecule has 5 nitrogen and oxygen atoms in total. The van der Waals surface area contributed by atoms with Crippen LogP contribution in [0, 0.1) is 11.7 Å². The van der Waals surface area contributed by atoms with Gasteiger partial charge in [0, 0.05) is 32.1 Å². The van der Waals surface area contributed by atoms with Crippen molar-refractivity contribution >= 4 is 11.8 Å². The number of piperidine rings is 2. The molecule has 27 heavy (non-hydrogen) atoms. The van der Waals surface area contributed by atoms with E-state index in [0.717, 1.165) is 12.8 Å². The smallest absolute Gasteiger partial charge is 0.289 e. The third-order valence-corrected chi connectivity index (χ3v) is 5.74. The van der Waals surface area contributed by atoms with Gasteiger partial charge < -0.3 is 14.2 Å². The zero-order valence-electron chi connectivity index (χ0n) is 15.1. The van der Waals surface area contributed by atoms with Crippen LogP contribution >= 0.6 is 0 Å². The number of amides is 2. The highest BCUT2D eigenvalue weighted by Crippen LogP contribution is 2.32. The molecular formula is C21H23FN2O3. The second-order valence-corrected chi connectivity index (χ2v) is 7.31. The van der Waals surface area contributed by atoms with Crippen LogP contribution < -0.4 is 0 Å². The lowest BCUT2D eigenvalue weighted by Crippen LogP contribution is -2.57. The number of nitrogens with zero attached hydrogens (tertiary/aromatic N) is 2. The largest absolute Gasteiger partial charge is 0.459 e. The lowest BCUT2D eigenvalue weighted by Gasteiger charge is -2.47. The summed E-state index contributed by atoms with van der Waals surface area (Å²) in [5, 5.41) is 0. The number of carbonyl (C=O) groups is 2. The van der Waals surface area contributed by atoms with Gasteiger partial charge in [-0.2, -0.15) is 0 Å². The molecule has 0 N–H and O–H groups in total. The Kier molecular flexibility index (Phi) is 4.97.